The number of rotatable bonds is 5. The van der Waals surface area contributed by atoms with Gasteiger partial charge in [0, 0.05) is 26.1 Å². The van der Waals surface area contributed by atoms with Crippen LogP contribution in [0.1, 0.15) is 11.1 Å². The zero-order chi connectivity index (χ0) is 10.4. The molecule has 0 atom stereocenters. The number of hydrogen-bond acceptors (Lipinski definition) is 2. The molecule has 78 valence electrons. The Labute approximate surface area is 91.6 Å². The van der Waals surface area contributed by atoms with E-state index in [1.165, 1.54) is 5.56 Å². The zero-order valence-electron chi connectivity index (χ0n) is 8.50. The van der Waals surface area contributed by atoms with Crippen molar-refractivity contribution in [1.82, 2.24) is 0 Å². The Morgan fingerprint density at radius 3 is 2.00 bits per heavy atom. The van der Waals surface area contributed by atoms with Crippen LogP contribution in [-0.4, -0.2) is 23.5 Å². The van der Waals surface area contributed by atoms with Gasteiger partial charge in [-0.25, -0.2) is 0 Å². The minimum absolute atomic E-state index is 0.565. The molecular weight excluding hydrogens is 216 g/mol. The Hall–Kier alpha value is -0.353. The molecule has 0 aliphatic rings. The largest absolute Gasteiger partial charge is 0.400 e. The van der Waals surface area contributed by atoms with Crippen LogP contribution in [0.5, 0.6) is 0 Å². The van der Waals surface area contributed by atoms with Crippen molar-refractivity contribution in [2.75, 3.05) is 14.2 Å². The lowest BCUT2D eigenvalue weighted by molar-refractivity contribution is 0.277. The van der Waals surface area contributed by atoms with E-state index in [-0.39, 0.29) is 0 Å². The maximum atomic E-state index is 5.70. The second-order valence-corrected chi connectivity index (χ2v) is 5.53. The third kappa shape index (κ3) is 3.42. The maximum Gasteiger partial charge on any atom is 0.325 e. The van der Waals surface area contributed by atoms with Crippen LogP contribution in [-0.2, 0) is 20.8 Å². The highest BCUT2D eigenvalue weighted by molar-refractivity contribution is 6.43. The van der Waals surface area contributed by atoms with Crippen molar-refractivity contribution < 1.29 is 8.85 Å². The fourth-order valence-electron chi connectivity index (χ4n) is 1.22. The fraction of sp³-hybridized carbons (Fsp3) is 0.400. The van der Waals surface area contributed by atoms with Crippen LogP contribution >= 0.6 is 11.6 Å². The predicted octanol–water partition coefficient (Wildman–Crippen LogP) is 2.02. The highest BCUT2D eigenvalue weighted by Crippen LogP contribution is 2.08. The van der Waals surface area contributed by atoms with Gasteiger partial charge in [0.1, 0.15) is 0 Å². The van der Waals surface area contributed by atoms with E-state index < -0.39 is 9.28 Å². The van der Waals surface area contributed by atoms with Gasteiger partial charge in [-0.05, 0) is 11.1 Å². The minimum atomic E-state index is -1.48. The van der Waals surface area contributed by atoms with Crippen molar-refractivity contribution in [3.8, 4) is 0 Å². The Balaban J connectivity index is 2.58. The van der Waals surface area contributed by atoms with Crippen LogP contribution in [0.3, 0.4) is 0 Å². The Morgan fingerprint density at radius 2 is 1.57 bits per heavy atom. The summed E-state index contributed by atoms with van der Waals surface area (Å²) < 4.78 is 10.5. The van der Waals surface area contributed by atoms with Crippen molar-refractivity contribution in [1.29, 1.82) is 0 Å². The standard InChI is InChI=1S/C10H15ClO2Si/c1-12-14(13-2)8-10-5-3-9(7-11)4-6-10/h3-6,14H,7-8H2,1-2H3. The van der Waals surface area contributed by atoms with Gasteiger partial charge in [-0.1, -0.05) is 24.3 Å². The van der Waals surface area contributed by atoms with Gasteiger partial charge < -0.3 is 8.85 Å². The van der Waals surface area contributed by atoms with Gasteiger partial charge >= 0.3 is 9.28 Å². The van der Waals surface area contributed by atoms with Gasteiger partial charge in [0.05, 0.1) is 0 Å². The minimum Gasteiger partial charge on any atom is -0.400 e. The van der Waals surface area contributed by atoms with Crippen molar-refractivity contribution >= 4 is 20.9 Å². The van der Waals surface area contributed by atoms with Crippen LogP contribution in [0.2, 0.25) is 0 Å². The molecule has 0 aliphatic carbocycles. The lowest BCUT2D eigenvalue weighted by atomic mass is 10.2. The van der Waals surface area contributed by atoms with E-state index in [0.29, 0.717) is 5.88 Å². The maximum absolute atomic E-state index is 5.70. The average Bonchev–Trinajstić information content (AvgIpc) is 2.26. The molecule has 4 heteroatoms. The second-order valence-electron chi connectivity index (χ2n) is 3.06. The van der Waals surface area contributed by atoms with Gasteiger partial charge in [0.15, 0.2) is 0 Å². The third-order valence-electron chi connectivity index (χ3n) is 2.11. The molecule has 1 aromatic rings. The van der Waals surface area contributed by atoms with Gasteiger partial charge in [0.2, 0.25) is 0 Å². The molecule has 0 bridgehead atoms. The molecule has 14 heavy (non-hydrogen) atoms. The summed E-state index contributed by atoms with van der Waals surface area (Å²) in [6.07, 6.45) is 0. The Morgan fingerprint density at radius 1 is 1.07 bits per heavy atom. The number of hydrogen-bond donors (Lipinski definition) is 0. The van der Waals surface area contributed by atoms with E-state index in [1.54, 1.807) is 14.2 Å². The summed E-state index contributed by atoms with van der Waals surface area (Å²) in [5.41, 5.74) is 2.39. The number of alkyl halides is 1. The second kappa shape index (κ2) is 6.19. The van der Waals surface area contributed by atoms with Crippen molar-refractivity contribution in [2.45, 2.75) is 11.9 Å². The van der Waals surface area contributed by atoms with Crippen LogP contribution in [0.25, 0.3) is 0 Å². The van der Waals surface area contributed by atoms with Crippen molar-refractivity contribution in [3.63, 3.8) is 0 Å². The molecule has 0 saturated carbocycles. The molecule has 0 heterocycles. The summed E-state index contributed by atoms with van der Waals surface area (Å²) in [6, 6.07) is 9.14. The highest BCUT2D eigenvalue weighted by Gasteiger charge is 2.09. The molecule has 0 amide bonds. The Bertz CT molecular complexity index is 259. The van der Waals surface area contributed by atoms with Crippen LogP contribution in [0.15, 0.2) is 24.3 Å². The van der Waals surface area contributed by atoms with Crippen LogP contribution in [0.4, 0.5) is 0 Å². The lowest BCUT2D eigenvalue weighted by Crippen LogP contribution is -2.22. The summed E-state index contributed by atoms with van der Waals surface area (Å²) >= 11 is 5.70. The quantitative estimate of drug-likeness (QED) is 0.569. The summed E-state index contributed by atoms with van der Waals surface area (Å²) in [6.45, 7) is 0. The lowest BCUT2D eigenvalue weighted by Gasteiger charge is -2.10. The summed E-state index contributed by atoms with van der Waals surface area (Å²) in [7, 11) is 1.93. The highest BCUT2D eigenvalue weighted by atomic mass is 35.5. The van der Waals surface area contributed by atoms with E-state index in [1.807, 2.05) is 12.1 Å². The monoisotopic (exact) mass is 230 g/mol. The summed E-state index contributed by atoms with van der Waals surface area (Å²) in [5.74, 6) is 0.565. The molecule has 0 unspecified atom stereocenters. The normalized spacial score (nSPS) is 10.9. The van der Waals surface area contributed by atoms with Gasteiger partial charge in [-0.15, -0.1) is 11.6 Å². The van der Waals surface area contributed by atoms with E-state index in [9.17, 15) is 0 Å². The zero-order valence-corrected chi connectivity index (χ0v) is 10.4. The van der Waals surface area contributed by atoms with E-state index in [4.69, 9.17) is 20.5 Å². The Kier molecular flexibility index (Phi) is 5.18. The molecule has 0 fully saturated rings. The van der Waals surface area contributed by atoms with Gasteiger partial charge in [-0.2, -0.15) is 0 Å². The summed E-state index contributed by atoms with van der Waals surface area (Å²) in [5, 5.41) is 0. The first kappa shape index (κ1) is 11.7. The van der Waals surface area contributed by atoms with E-state index in [2.05, 4.69) is 12.1 Å². The van der Waals surface area contributed by atoms with E-state index in [0.717, 1.165) is 11.6 Å². The van der Waals surface area contributed by atoms with Crippen molar-refractivity contribution in [3.05, 3.63) is 35.4 Å². The average molecular weight is 231 g/mol. The van der Waals surface area contributed by atoms with Gasteiger partial charge in [0.25, 0.3) is 0 Å². The molecule has 0 saturated heterocycles. The van der Waals surface area contributed by atoms with Crippen LogP contribution < -0.4 is 0 Å². The third-order valence-corrected chi connectivity index (χ3v) is 4.27. The molecule has 0 N–H and O–H groups in total. The molecule has 0 radical (unpaired) electrons. The molecule has 1 rings (SSSR count). The SMILES string of the molecule is CO[SiH](Cc1ccc(CCl)cc1)OC. The molecule has 0 spiro atoms. The predicted molar refractivity (Wildman–Crippen MR) is 60.9 cm³/mol. The molecule has 2 nitrogen and oxygen atoms in total. The number of benzene rings is 1. The first-order valence-corrected chi connectivity index (χ1v) is 6.79. The smallest absolute Gasteiger partial charge is 0.325 e. The summed E-state index contributed by atoms with van der Waals surface area (Å²) in [4.78, 5) is 0. The number of halogens is 1. The molecule has 1 aromatic carbocycles. The van der Waals surface area contributed by atoms with Crippen molar-refractivity contribution in [2.24, 2.45) is 0 Å². The fourth-order valence-corrected chi connectivity index (χ4v) is 2.58. The molecule has 0 aromatic heterocycles. The van der Waals surface area contributed by atoms with E-state index >= 15 is 0 Å². The van der Waals surface area contributed by atoms with Gasteiger partial charge in [-0.3, -0.25) is 0 Å². The molecular formula is C10H15ClO2Si. The topological polar surface area (TPSA) is 18.5 Å². The first-order valence-electron chi connectivity index (χ1n) is 4.49. The van der Waals surface area contributed by atoms with Crippen LogP contribution in [0, 0.1) is 0 Å². The first-order chi connectivity index (χ1) is 6.80. The molecule has 0 aliphatic heterocycles.